The van der Waals surface area contributed by atoms with E-state index in [1.807, 2.05) is 6.07 Å². The third-order valence-corrected chi connectivity index (χ3v) is 3.30. The lowest BCUT2D eigenvalue weighted by molar-refractivity contribution is 0.324. The summed E-state index contributed by atoms with van der Waals surface area (Å²) in [5.41, 5.74) is 6.98. The van der Waals surface area contributed by atoms with Crippen molar-refractivity contribution in [2.24, 2.45) is 11.7 Å². The van der Waals surface area contributed by atoms with Crippen LogP contribution in [0.5, 0.6) is 0 Å². The summed E-state index contributed by atoms with van der Waals surface area (Å²) < 4.78 is 13.0. The fourth-order valence-corrected chi connectivity index (χ4v) is 2.39. The van der Waals surface area contributed by atoms with E-state index in [9.17, 15) is 4.39 Å². The summed E-state index contributed by atoms with van der Waals surface area (Å²) in [5.74, 6) is 0.576. The lowest BCUT2D eigenvalue weighted by atomic mass is 9.83. The van der Waals surface area contributed by atoms with Crippen molar-refractivity contribution in [1.82, 2.24) is 0 Å². The molecule has 1 nitrogen and oxygen atoms in total. The summed E-state index contributed by atoms with van der Waals surface area (Å²) in [6.07, 6.45) is 5.64. The topological polar surface area (TPSA) is 26.0 Å². The lowest BCUT2D eigenvalue weighted by Gasteiger charge is -2.26. The second-order valence-electron chi connectivity index (χ2n) is 4.61. The molecule has 0 amide bonds. The maximum Gasteiger partial charge on any atom is 0.123 e. The molecule has 1 aliphatic rings. The van der Waals surface area contributed by atoms with Crippen LogP contribution in [-0.4, -0.2) is 6.04 Å². The Labute approximate surface area is 90.5 Å². The number of halogens is 1. The van der Waals surface area contributed by atoms with Gasteiger partial charge in [-0.1, -0.05) is 12.1 Å². The fraction of sp³-hybridized carbons (Fsp3) is 0.538. The third kappa shape index (κ3) is 3.03. The Balaban J connectivity index is 1.92. The molecule has 0 atom stereocenters. The van der Waals surface area contributed by atoms with Gasteiger partial charge in [0.2, 0.25) is 0 Å². The second-order valence-corrected chi connectivity index (χ2v) is 4.61. The van der Waals surface area contributed by atoms with Gasteiger partial charge in [-0.05, 0) is 55.7 Å². The molecule has 0 saturated heterocycles. The van der Waals surface area contributed by atoms with Crippen molar-refractivity contribution in [3.8, 4) is 0 Å². The minimum Gasteiger partial charge on any atom is -0.328 e. The Bertz CT molecular complexity index is 316. The SMILES string of the molecule is NC1CCC(Cc2cccc(F)c2)CC1. The average molecular weight is 207 g/mol. The Kier molecular flexibility index (Phi) is 3.37. The smallest absolute Gasteiger partial charge is 0.123 e. The Morgan fingerprint density at radius 1 is 1.20 bits per heavy atom. The normalized spacial score (nSPS) is 26.5. The lowest BCUT2D eigenvalue weighted by Crippen LogP contribution is -2.27. The summed E-state index contributed by atoms with van der Waals surface area (Å²) in [4.78, 5) is 0. The molecule has 15 heavy (non-hydrogen) atoms. The Morgan fingerprint density at radius 3 is 2.60 bits per heavy atom. The van der Waals surface area contributed by atoms with Crippen molar-refractivity contribution < 1.29 is 4.39 Å². The van der Waals surface area contributed by atoms with Gasteiger partial charge in [-0.25, -0.2) is 4.39 Å². The van der Waals surface area contributed by atoms with Crippen molar-refractivity contribution in [1.29, 1.82) is 0 Å². The van der Waals surface area contributed by atoms with E-state index in [4.69, 9.17) is 5.73 Å². The van der Waals surface area contributed by atoms with Crippen molar-refractivity contribution in [2.75, 3.05) is 0 Å². The van der Waals surface area contributed by atoms with Gasteiger partial charge in [0.1, 0.15) is 5.82 Å². The molecule has 1 fully saturated rings. The van der Waals surface area contributed by atoms with Gasteiger partial charge in [-0.15, -0.1) is 0 Å². The van der Waals surface area contributed by atoms with Crippen LogP contribution in [0.1, 0.15) is 31.2 Å². The summed E-state index contributed by atoms with van der Waals surface area (Å²) in [6.45, 7) is 0. The van der Waals surface area contributed by atoms with Crippen LogP contribution in [0.15, 0.2) is 24.3 Å². The highest BCUT2D eigenvalue weighted by molar-refractivity contribution is 5.16. The van der Waals surface area contributed by atoms with Gasteiger partial charge in [0.05, 0.1) is 0 Å². The molecule has 2 heteroatoms. The highest BCUT2D eigenvalue weighted by atomic mass is 19.1. The minimum atomic E-state index is -0.125. The second kappa shape index (κ2) is 4.75. The standard InChI is InChI=1S/C13H18FN/c14-12-3-1-2-11(9-12)8-10-4-6-13(15)7-5-10/h1-3,9-10,13H,4-8,15H2. The Hall–Kier alpha value is -0.890. The predicted molar refractivity (Wildman–Crippen MR) is 60.0 cm³/mol. The highest BCUT2D eigenvalue weighted by Crippen LogP contribution is 2.26. The molecule has 1 aromatic rings. The van der Waals surface area contributed by atoms with E-state index in [0.29, 0.717) is 12.0 Å². The summed E-state index contributed by atoms with van der Waals surface area (Å²) in [6, 6.07) is 7.35. The van der Waals surface area contributed by atoms with Crippen LogP contribution in [0.2, 0.25) is 0 Å². The summed E-state index contributed by atoms with van der Waals surface area (Å²) in [5, 5.41) is 0. The first-order chi connectivity index (χ1) is 7.24. The van der Waals surface area contributed by atoms with Gasteiger partial charge >= 0.3 is 0 Å². The molecule has 1 aliphatic carbocycles. The van der Waals surface area contributed by atoms with Crippen molar-refractivity contribution in [2.45, 2.75) is 38.1 Å². The van der Waals surface area contributed by atoms with Gasteiger partial charge in [-0.3, -0.25) is 0 Å². The van der Waals surface area contributed by atoms with Crippen molar-refractivity contribution >= 4 is 0 Å². The zero-order valence-corrected chi connectivity index (χ0v) is 8.95. The molecule has 0 bridgehead atoms. The fourth-order valence-electron chi connectivity index (χ4n) is 2.39. The quantitative estimate of drug-likeness (QED) is 0.792. The van der Waals surface area contributed by atoms with E-state index >= 15 is 0 Å². The first-order valence-corrected chi connectivity index (χ1v) is 5.74. The van der Waals surface area contributed by atoms with E-state index in [0.717, 1.165) is 24.8 Å². The third-order valence-electron chi connectivity index (χ3n) is 3.30. The monoisotopic (exact) mass is 207 g/mol. The maximum atomic E-state index is 13.0. The molecular weight excluding hydrogens is 189 g/mol. The van der Waals surface area contributed by atoms with E-state index in [2.05, 4.69) is 0 Å². The molecule has 2 N–H and O–H groups in total. The first kappa shape index (κ1) is 10.6. The highest BCUT2D eigenvalue weighted by Gasteiger charge is 2.18. The van der Waals surface area contributed by atoms with E-state index in [-0.39, 0.29) is 5.82 Å². The minimum absolute atomic E-state index is 0.125. The van der Waals surface area contributed by atoms with Gasteiger partial charge in [-0.2, -0.15) is 0 Å². The number of rotatable bonds is 2. The van der Waals surface area contributed by atoms with Gasteiger partial charge in [0.15, 0.2) is 0 Å². The summed E-state index contributed by atoms with van der Waals surface area (Å²) >= 11 is 0. The molecule has 82 valence electrons. The molecule has 0 unspecified atom stereocenters. The van der Waals surface area contributed by atoms with E-state index in [1.54, 1.807) is 12.1 Å². The molecule has 0 aromatic heterocycles. The van der Waals surface area contributed by atoms with Crippen LogP contribution in [0.25, 0.3) is 0 Å². The number of hydrogen-bond donors (Lipinski definition) is 1. The zero-order chi connectivity index (χ0) is 10.7. The molecule has 0 spiro atoms. The number of benzene rings is 1. The molecule has 2 rings (SSSR count). The van der Waals surface area contributed by atoms with E-state index < -0.39 is 0 Å². The van der Waals surface area contributed by atoms with Crippen LogP contribution in [0, 0.1) is 11.7 Å². The first-order valence-electron chi connectivity index (χ1n) is 5.74. The van der Waals surface area contributed by atoms with Gasteiger partial charge in [0, 0.05) is 6.04 Å². The van der Waals surface area contributed by atoms with Gasteiger partial charge in [0.25, 0.3) is 0 Å². The van der Waals surface area contributed by atoms with Crippen LogP contribution in [0.4, 0.5) is 4.39 Å². The van der Waals surface area contributed by atoms with Crippen LogP contribution in [0.3, 0.4) is 0 Å². The molecular formula is C13H18FN. The maximum absolute atomic E-state index is 13.0. The number of hydrogen-bond acceptors (Lipinski definition) is 1. The van der Waals surface area contributed by atoms with Crippen molar-refractivity contribution in [3.05, 3.63) is 35.6 Å². The molecule has 1 aromatic carbocycles. The average Bonchev–Trinajstić information content (AvgIpc) is 2.22. The zero-order valence-electron chi connectivity index (χ0n) is 8.95. The molecule has 0 radical (unpaired) electrons. The molecule has 0 heterocycles. The predicted octanol–water partition coefficient (Wildman–Crippen LogP) is 2.89. The largest absolute Gasteiger partial charge is 0.328 e. The van der Waals surface area contributed by atoms with Crippen LogP contribution in [-0.2, 0) is 6.42 Å². The molecule has 1 saturated carbocycles. The number of nitrogens with two attached hydrogens (primary N) is 1. The Morgan fingerprint density at radius 2 is 1.93 bits per heavy atom. The summed E-state index contributed by atoms with van der Waals surface area (Å²) in [7, 11) is 0. The van der Waals surface area contributed by atoms with Crippen LogP contribution >= 0.6 is 0 Å². The van der Waals surface area contributed by atoms with Crippen LogP contribution < -0.4 is 5.73 Å². The molecule has 0 aliphatic heterocycles. The van der Waals surface area contributed by atoms with Crippen molar-refractivity contribution in [3.63, 3.8) is 0 Å². The van der Waals surface area contributed by atoms with E-state index in [1.165, 1.54) is 18.9 Å². The van der Waals surface area contributed by atoms with Gasteiger partial charge < -0.3 is 5.73 Å².